The Morgan fingerprint density at radius 1 is 1.28 bits per heavy atom. The molecule has 152 valence electrons. The molecule has 2 aliphatic heterocycles. The second-order valence-corrected chi connectivity index (χ2v) is 7.91. The molecule has 0 aromatic heterocycles. The van der Waals surface area contributed by atoms with Crippen molar-refractivity contribution in [3.05, 3.63) is 53.2 Å². The Balaban J connectivity index is 1.86. The minimum absolute atomic E-state index is 0.203. The van der Waals surface area contributed by atoms with Crippen LogP contribution in [-0.2, 0) is 19.1 Å². The highest BCUT2D eigenvalue weighted by Crippen LogP contribution is 2.55. The maximum absolute atomic E-state index is 13.2. The van der Waals surface area contributed by atoms with Crippen molar-refractivity contribution in [1.29, 1.82) is 0 Å². The fourth-order valence-corrected chi connectivity index (χ4v) is 5.13. The number of hydrogen-bond donors (Lipinski definition) is 1. The van der Waals surface area contributed by atoms with E-state index in [1.54, 1.807) is 11.8 Å². The molecule has 1 saturated heterocycles. The fraction of sp³-hybridized carbons (Fsp3) is 0.435. The van der Waals surface area contributed by atoms with Crippen LogP contribution in [0.1, 0.15) is 44.6 Å². The lowest BCUT2D eigenvalue weighted by atomic mass is 9.62. The van der Waals surface area contributed by atoms with Crippen LogP contribution in [-0.4, -0.2) is 41.0 Å². The van der Waals surface area contributed by atoms with Crippen molar-refractivity contribution in [1.82, 2.24) is 4.90 Å². The van der Waals surface area contributed by atoms with E-state index in [0.717, 1.165) is 35.2 Å². The average Bonchev–Trinajstić information content (AvgIpc) is 2.72. The van der Waals surface area contributed by atoms with E-state index >= 15 is 0 Å². The summed E-state index contributed by atoms with van der Waals surface area (Å²) in [5.41, 5.74) is 2.94. The molecule has 1 amide bonds. The number of allylic oxidation sites excluding steroid dienone is 2. The number of carboxylic acids is 1. The number of hydrogen-bond acceptors (Lipinski definition) is 4. The number of carbonyl (C=O) groups excluding carboxylic acids is 2. The highest BCUT2D eigenvalue weighted by Gasteiger charge is 2.56. The SMILES string of the molecule is CCOC(=O)[C@]12CCCC3=C1N(CC=C3c1ccccc1)C(=O)[C@@H](CC(=O)O)C2. The van der Waals surface area contributed by atoms with Gasteiger partial charge in [0.15, 0.2) is 0 Å². The number of amides is 1. The molecule has 1 aromatic carbocycles. The Bertz CT molecular complexity index is 916. The van der Waals surface area contributed by atoms with E-state index in [0.29, 0.717) is 13.0 Å². The molecule has 6 nitrogen and oxygen atoms in total. The Hall–Kier alpha value is -2.89. The molecular weight excluding hydrogens is 370 g/mol. The highest BCUT2D eigenvalue weighted by molar-refractivity contribution is 5.95. The molecule has 1 aliphatic carbocycles. The third-order valence-corrected chi connectivity index (χ3v) is 6.22. The maximum atomic E-state index is 13.2. The van der Waals surface area contributed by atoms with Crippen LogP contribution >= 0.6 is 0 Å². The summed E-state index contributed by atoms with van der Waals surface area (Å²) >= 11 is 0. The van der Waals surface area contributed by atoms with Gasteiger partial charge in [0, 0.05) is 12.2 Å². The Labute approximate surface area is 169 Å². The number of esters is 1. The smallest absolute Gasteiger partial charge is 0.318 e. The van der Waals surface area contributed by atoms with Gasteiger partial charge in [0.1, 0.15) is 5.41 Å². The summed E-state index contributed by atoms with van der Waals surface area (Å²) in [4.78, 5) is 39.4. The zero-order chi connectivity index (χ0) is 20.6. The largest absolute Gasteiger partial charge is 0.481 e. The maximum Gasteiger partial charge on any atom is 0.318 e. The summed E-state index contributed by atoms with van der Waals surface area (Å²) in [5, 5.41) is 9.31. The summed E-state index contributed by atoms with van der Waals surface area (Å²) in [6.07, 6.45) is 4.11. The summed E-state index contributed by atoms with van der Waals surface area (Å²) in [6, 6.07) is 9.98. The lowest BCUT2D eigenvalue weighted by Gasteiger charge is -2.50. The third kappa shape index (κ3) is 3.16. The van der Waals surface area contributed by atoms with E-state index in [2.05, 4.69) is 0 Å². The van der Waals surface area contributed by atoms with Gasteiger partial charge in [0.2, 0.25) is 5.91 Å². The van der Waals surface area contributed by atoms with Crippen molar-refractivity contribution in [2.45, 2.75) is 39.0 Å². The van der Waals surface area contributed by atoms with E-state index in [-0.39, 0.29) is 31.3 Å². The van der Waals surface area contributed by atoms with E-state index in [9.17, 15) is 19.5 Å². The van der Waals surface area contributed by atoms with Gasteiger partial charge in [-0.1, -0.05) is 36.4 Å². The van der Waals surface area contributed by atoms with Gasteiger partial charge >= 0.3 is 11.9 Å². The lowest BCUT2D eigenvalue weighted by Crippen LogP contribution is -2.55. The second-order valence-electron chi connectivity index (χ2n) is 7.91. The van der Waals surface area contributed by atoms with Crippen molar-refractivity contribution in [2.24, 2.45) is 11.3 Å². The number of ether oxygens (including phenoxy) is 1. The van der Waals surface area contributed by atoms with Crippen molar-refractivity contribution < 1.29 is 24.2 Å². The van der Waals surface area contributed by atoms with Crippen LogP contribution < -0.4 is 0 Å². The molecule has 0 unspecified atom stereocenters. The molecule has 0 saturated carbocycles. The molecule has 2 heterocycles. The topological polar surface area (TPSA) is 83.9 Å². The first-order valence-electron chi connectivity index (χ1n) is 10.2. The highest BCUT2D eigenvalue weighted by atomic mass is 16.5. The van der Waals surface area contributed by atoms with E-state index in [1.807, 2.05) is 36.4 Å². The number of benzene rings is 1. The number of carboxylic acid groups (broad SMARTS) is 1. The molecule has 1 N–H and O–H groups in total. The van der Waals surface area contributed by atoms with Crippen molar-refractivity contribution >= 4 is 23.4 Å². The van der Waals surface area contributed by atoms with Crippen LogP contribution in [0.3, 0.4) is 0 Å². The molecule has 2 atom stereocenters. The number of rotatable bonds is 5. The first kappa shape index (κ1) is 19.4. The second kappa shape index (κ2) is 7.50. The minimum atomic E-state index is -1.02. The van der Waals surface area contributed by atoms with Crippen molar-refractivity contribution in [3.63, 3.8) is 0 Å². The van der Waals surface area contributed by atoms with E-state index in [4.69, 9.17) is 4.74 Å². The monoisotopic (exact) mass is 395 g/mol. The molecule has 29 heavy (non-hydrogen) atoms. The molecule has 0 spiro atoms. The summed E-state index contributed by atoms with van der Waals surface area (Å²) < 4.78 is 5.46. The van der Waals surface area contributed by atoms with Gasteiger partial charge < -0.3 is 14.7 Å². The zero-order valence-corrected chi connectivity index (χ0v) is 16.5. The van der Waals surface area contributed by atoms with Gasteiger partial charge in [-0.25, -0.2) is 0 Å². The summed E-state index contributed by atoms with van der Waals surface area (Å²) in [7, 11) is 0. The van der Waals surface area contributed by atoms with Gasteiger partial charge in [0.05, 0.1) is 18.9 Å². The number of piperidine rings is 1. The number of aliphatic carboxylic acids is 1. The summed E-state index contributed by atoms with van der Waals surface area (Å²) in [5.74, 6) is -2.28. The predicted octanol–water partition coefficient (Wildman–Crippen LogP) is 3.39. The van der Waals surface area contributed by atoms with Gasteiger partial charge in [-0.15, -0.1) is 0 Å². The van der Waals surface area contributed by atoms with Crippen LogP contribution in [0.2, 0.25) is 0 Å². The van der Waals surface area contributed by atoms with Crippen LogP contribution in [0.25, 0.3) is 5.57 Å². The molecule has 1 fully saturated rings. The van der Waals surface area contributed by atoms with Gasteiger partial charge in [-0.3, -0.25) is 14.4 Å². The Morgan fingerprint density at radius 3 is 2.72 bits per heavy atom. The van der Waals surface area contributed by atoms with Crippen LogP contribution in [0.4, 0.5) is 0 Å². The molecule has 0 bridgehead atoms. The fourth-order valence-electron chi connectivity index (χ4n) is 5.13. The Morgan fingerprint density at radius 2 is 2.03 bits per heavy atom. The van der Waals surface area contributed by atoms with Crippen LogP contribution in [0, 0.1) is 11.3 Å². The number of nitrogens with zero attached hydrogens (tertiary/aromatic N) is 1. The molecule has 0 radical (unpaired) electrons. The van der Waals surface area contributed by atoms with Crippen molar-refractivity contribution in [2.75, 3.05) is 13.2 Å². The normalized spacial score (nSPS) is 26.0. The average molecular weight is 395 g/mol. The number of carbonyl (C=O) groups is 3. The molecule has 1 aromatic rings. The van der Waals surface area contributed by atoms with Gasteiger partial charge in [0.25, 0.3) is 0 Å². The Kier molecular flexibility index (Phi) is 5.03. The lowest BCUT2D eigenvalue weighted by molar-refractivity contribution is -0.163. The van der Waals surface area contributed by atoms with Gasteiger partial charge in [-0.05, 0) is 49.3 Å². The molecule has 4 rings (SSSR count). The predicted molar refractivity (Wildman–Crippen MR) is 106 cm³/mol. The standard InChI is InChI=1S/C23H25NO5/c1-2-29-22(28)23-11-6-9-18-17(15-7-4-3-5-8-15)10-12-24(20(18)23)21(27)16(14-23)13-19(25)26/h3-5,7-8,10,16H,2,6,9,11-14H2,1H3,(H,25,26)/t16-,23-/m0/s1. The summed E-state index contributed by atoms with van der Waals surface area (Å²) in [6.45, 7) is 2.37. The zero-order valence-electron chi connectivity index (χ0n) is 16.5. The van der Waals surface area contributed by atoms with E-state index < -0.39 is 17.3 Å². The van der Waals surface area contributed by atoms with Crippen LogP contribution in [0.15, 0.2) is 47.7 Å². The van der Waals surface area contributed by atoms with Crippen LogP contribution in [0.5, 0.6) is 0 Å². The first-order valence-corrected chi connectivity index (χ1v) is 10.2. The molecule has 6 heteroatoms. The van der Waals surface area contributed by atoms with E-state index in [1.165, 1.54) is 0 Å². The first-order chi connectivity index (χ1) is 14.0. The molecule has 3 aliphatic rings. The molecular formula is C23H25NO5. The third-order valence-electron chi connectivity index (χ3n) is 6.22. The quantitative estimate of drug-likeness (QED) is 0.773. The van der Waals surface area contributed by atoms with Gasteiger partial charge in [-0.2, -0.15) is 0 Å². The minimum Gasteiger partial charge on any atom is -0.481 e. The van der Waals surface area contributed by atoms with Crippen molar-refractivity contribution in [3.8, 4) is 0 Å².